The second-order valence-corrected chi connectivity index (χ2v) is 8.88. The maximum atomic E-state index is 13.5. The molecule has 0 aliphatic carbocycles. The number of benzene rings is 3. The van der Waals surface area contributed by atoms with Crippen LogP contribution in [0, 0.1) is 0 Å². The molecule has 0 radical (unpaired) electrons. The number of anilines is 1. The molecule has 0 atom stereocenters. The summed E-state index contributed by atoms with van der Waals surface area (Å²) in [5, 5.41) is 3.68. The van der Waals surface area contributed by atoms with Gasteiger partial charge in [0.2, 0.25) is 6.79 Å². The highest BCUT2D eigenvalue weighted by atomic mass is 16.7. The number of aromatic amines is 1. The van der Waals surface area contributed by atoms with Crippen molar-refractivity contribution in [3.63, 3.8) is 0 Å². The van der Waals surface area contributed by atoms with Crippen LogP contribution < -0.4 is 34.6 Å². The first kappa shape index (κ1) is 23.5. The molecule has 3 heterocycles. The highest BCUT2D eigenvalue weighted by Crippen LogP contribution is 2.35. The lowest BCUT2D eigenvalue weighted by Gasteiger charge is -2.24. The highest BCUT2D eigenvalue weighted by molar-refractivity contribution is 5.91. The van der Waals surface area contributed by atoms with Crippen molar-refractivity contribution >= 4 is 22.6 Å². The van der Waals surface area contributed by atoms with Crippen molar-refractivity contribution in [3.05, 3.63) is 82.1 Å². The molecule has 2 N–H and O–H groups in total. The fourth-order valence-electron chi connectivity index (χ4n) is 4.51. The molecule has 2 amide bonds. The first-order valence-corrected chi connectivity index (χ1v) is 12.1. The number of nitrogens with zero attached hydrogens (tertiary/aromatic N) is 1. The lowest BCUT2D eigenvalue weighted by atomic mass is 10.1. The van der Waals surface area contributed by atoms with Crippen LogP contribution in [0.5, 0.6) is 28.7 Å². The molecule has 0 saturated heterocycles. The Balaban J connectivity index is 1.33. The summed E-state index contributed by atoms with van der Waals surface area (Å²) < 4.78 is 27.6. The maximum Gasteiger partial charge on any atom is 0.322 e. The number of fused-ring (bicyclic) bond motifs is 3. The Morgan fingerprint density at radius 2 is 1.68 bits per heavy atom. The Bertz CT molecular complexity index is 1580. The molecule has 0 saturated carbocycles. The molecule has 38 heavy (non-hydrogen) atoms. The summed E-state index contributed by atoms with van der Waals surface area (Å²) in [6.07, 6.45) is 0. The SMILES string of the molecule is COc1ccccc1NC(=O)N(Cc1ccc2c(c1)OCO2)Cc1cc2cc3c(cc2[nH]c1=O)OCCO3. The fraction of sp³-hybridized carbons (Fsp3) is 0.214. The number of aromatic nitrogens is 1. The molecule has 6 rings (SSSR count). The van der Waals surface area contributed by atoms with Crippen molar-refractivity contribution in [2.24, 2.45) is 0 Å². The molecule has 10 heteroatoms. The van der Waals surface area contributed by atoms with Gasteiger partial charge in [-0.15, -0.1) is 0 Å². The van der Waals surface area contributed by atoms with Gasteiger partial charge in [-0.2, -0.15) is 0 Å². The van der Waals surface area contributed by atoms with Gasteiger partial charge in [0.1, 0.15) is 19.0 Å². The quantitative estimate of drug-likeness (QED) is 0.395. The van der Waals surface area contributed by atoms with Crippen molar-refractivity contribution in [3.8, 4) is 28.7 Å². The molecule has 2 aliphatic heterocycles. The standard InChI is InChI=1S/C28H25N3O7/c1-34-22-5-3-2-4-20(22)30-28(33)31(14-17-6-7-23-24(10-17)38-16-37-23)15-19-11-18-12-25-26(36-9-8-35-25)13-21(18)29-27(19)32/h2-7,10-13H,8-9,14-16H2,1H3,(H,29,32)(H,30,33). The molecular weight excluding hydrogens is 490 g/mol. The topological polar surface area (TPSA) is 111 Å². The summed E-state index contributed by atoms with van der Waals surface area (Å²) in [5.74, 6) is 3.00. The number of carbonyl (C=O) groups excluding carboxylic acids is 1. The van der Waals surface area contributed by atoms with Crippen LogP contribution in [0.2, 0.25) is 0 Å². The number of H-pyrrole nitrogens is 1. The molecule has 3 aromatic carbocycles. The van der Waals surface area contributed by atoms with E-state index in [1.165, 1.54) is 7.11 Å². The summed E-state index contributed by atoms with van der Waals surface area (Å²) >= 11 is 0. The Hall–Kier alpha value is -4.86. The van der Waals surface area contributed by atoms with Crippen LogP contribution >= 0.6 is 0 Å². The summed E-state index contributed by atoms with van der Waals surface area (Å²) in [6, 6.07) is 17.6. The molecule has 0 fully saturated rings. The Morgan fingerprint density at radius 3 is 2.53 bits per heavy atom. The number of nitrogens with one attached hydrogen (secondary N) is 2. The van der Waals surface area contributed by atoms with Crippen molar-refractivity contribution in [1.29, 1.82) is 0 Å². The van der Waals surface area contributed by atoms with E-state index >= 15 is 0 Å². The van der Waals surface area contributed by atoms with Crippen molar-refractivity contribution in [2.75, 3.05) is 32.4 Å². The molecule has 10 nitrogen and oxygen atoms in total. The molecule has 2 aliphatic rings. The monoisotopic (exact) mass is 515 g/mol. The normalized spacial score (nSPS) is 13.3. The largest absolute Gasteiger partial charge is 0.495 e. The lowest BCUT2D eigenvalue weighted by molar-refractivity contribution is 0.172. The van der Waals surface area contributed by atoms with E-state index < -0.39 is 6.03 Å². The summed E-state index contributed by atoms with van der Waals surface area (Å²) in [5.41, 5.74) is 2.09. The number of carbonyl (C=O) groups is 1. The number of amides is 2. The van der Waals surface area contributed by atoms with Crippen molar-refractivity contribution in [1.82, 2.24) is 9.88 Å². The predicted octanol–water partition coefficient (Wildman–Crippen LogP) is 4.27. The van der Waals surface area contributed by atoms with E-state index in [1.807, 2.05) is 30.3 Å². The number of methoxy groups -OCH3 is 1. The van der Waals surface area contributed by atoms with Crippen LogP contribution in [0.3, 0.4) is 0 Å². The number of urea groups is 1. The molecular formula is C28H25N3O7. The maximum absolute atomic E-state index is 13.5. The number of hydrogen-bond donors (Lipinski definition) is 2. The van der Waals surface area contributed by atoms with Gasteiger partial charge in [-0.3, -0.25) is 4.79 Å². The van der Waals surface area contributed by atoms with Gasteiger partial charge in [-0.05, 0) is 42.0 Å². The summed E-state index contributed by atoms with van der Waals surface area (Å²) in [6.45, 7) is 1.34. The summed E-state index contributed by atoms with van der Waals surface area (Å²) in [7, 11) is 1.54. The number of pyridine rings is 1. The smallest absolute Gasteiger partial charge is 0.322 e. The third-order valence-electron chi connectivity index (χ3n) is 6.39. The molecule has 1 aromatic heterocycles. The number of para-hydroxylation sites is 2. The highest BCUT2D eigenvalue weighted by Gasteiger charge is 2.21. The first-order valence-electron chi connectivity index (χ1n) is 12.1. The van der Waals surface area contributed by atoms with Crippen LogP contribution in [0.25, 0.3) is 10.9 Å². The number of ether oxygens (including phenoxy) is 5. The number of hydrogen-bond acceptors (Lipinski definition) is 7. The van der Waals surface area contributed by atoms with E-state index in [0.717, 1.165) is 10.9 Å². The zero-order valence-electron chi connectivity index (χ0n) is 20.6. The van der Waals surface area contributed by atoms with E-state index in [-0.39, 0.29) is 25.4 Å². The Labute approximate surface area is 217 Å². The Kier molecular flexibility index (Phi) is 6.12. The molecule has 4 aromatic rings. The van der Waals surface area contributed by atoms with Crippen LogP contribution in [-0.2, 0) is 13.1 Å². The van der Waals surface area contributed by atoms with Gasteiger partial charge >= 0.3 is 6.03 Å². The molecule has 0 unspecified atom stereocenters. The molecule has 0 spiro atoms. The minimum absolute atomic E-state index is 0.0507. The second-order valence-electron chi connectivity index (χ2n) is 8.88. The fourth-order valence-corrected chi connectivity index (χ4v) is 4.51. The van der Waals surface area contributed by atoms with Crippen molar-refractivity contribution in [2.45, 2.75) is 13.1 Å². The minimum atomic E-state index is -0.395. The first-order chi connectivity index (χ1) is 18.6. The third kappa shape index (κ3) is 4.63. The minimum Gasteiger partial charge on any atom is -0.495 e. The van der Waals surface area contributed by atoms with Gasteiger partial charge in [-0.1, -0.05) is 18.2 Å². The van der Waals surface area contributed by atoms with Crippen LogP contribution in [-0.4, -0.2) is 43.0 Å². The van der Waals surface area contributed by atoms with E-state index in [0.29, 0.717) is 58.7 Å². The van der Waals surface area contributed by atoms with Crippen molar-refractivity contribution < 1.29 is 28.5 Å². The van der Waals surface area contributed by atoms with E-state index in [1.54, 1.807) is 35.2 Å². The summed E-state index contributed by atoms with van der Waals surface area (Å²) in [4.78, 5) is 31.1. The van der Waals surface area contributed by atoms with Gasteiger partial charge in [0.05, 0.1) is 24.9 Å². The van der Waals surface area contributed by atoms with Gasteiger partial charge in [0.15, 0.2) is 23.0 Å². The van der Waals surface area contributed by atoms with Crippen LogP contribution in [0.1, 0.15) is 11.1 Å². The third-order valence-corrected chi connectivity index (χ3v) is 6.39. The van der Waals surface area contributed by atoms with Gasteiger partial charge in [-0.25, -0.2) is 4.79 Å². The lowest BCUT2D eigenvalue weighted by Crippen LogP contribution is -2.35. The average molecular weight is 516 g/mol. The van der Waals surface area contributed by atoms with E-state index in [9.17, 15) is 9.59 Å². The Morgan fingerprint density at radius 1 is 0.921 bits per heavy atom. The van der Waals surface area contributed by atoms with Crippen LogP contribution in [0.15, 0.2) is 65.5 Å². The van der Waals surface area contributed by atoms with Crippen LogP contribution in [0.4, 0.5) is 10.5 Å². The van der Waals surface area contributed by atoms with Gasteiger partial charge in [0.25, 0.3) is 5.56 Å². The van der Waals surface area contributed by atoms with Gasteiger partial charge in [0, 0.05) is 23.6 Å². The van der Waals surface area contributed by atoms with E-state index in [2.05, 4.69) is 10.3 Å². The predicted molar refractivity (Wildman–Crippen MR) is 139 cm³/mol. The van der Waals surface area contributed by atoms with Gasteiger partial charge < -0.3 is 38.9 Å². The molecule has 194 valence electrons. The average Bonchev–Trinajstić information content (AvgIpc) is 3.40. The van der Waals surface area contributed by atoms with E-state index in [4.69, 9.17) is 23.7 Å². The zero-order chi connectivity index (χ0) is 26.1. The second kappa shape index (κ2) is 9.89. The molecule has 0 bridgehead atoms. The zero-order valence-corrected chi connectivity index (χ0v) is 20.6. The number of rotatable bonds is 6.